The van der Waals surface area contributed by atoms with Crippen LogP contribution in [0, 0.1) is 0 Å². The largest absolute Gasteiger partial charge is 0.496 e. The fraction of sp³-hybridized carbons (Fsp3) is 0.524. The minimum atomic E-state index is -4.85. The molecule has 5 nitrogen and oxygen atoms in total. The quantitative estimate of drug-likeness (QED) is 0.790. The minimum Gasteiger partial charge on any atom is -0.496 e. The Balaban J connectivity index is 2.79. The van der Waals surface area contributed by atoms with Crippen molar-refractivity contribution in [1.29, 1.82) is 0 Å². The van der Waals surface area contributed by atoms with Crippen LogP contribution in [0.15, 0.2) is 21.7 Å². The first-order chi connectivity index (χ1) is 13.1. The molecule has 0 saturated carbocycles. The molecule has 0 radical (unpaired) electrons. The lowest BCUT2D eigenvalue weighted by Crippen LogP contribution is -2.31. The summed E-state index contributed by atoms with van der Waals surface area (Å²) in [5, 5.41) is 0. The molecular formula is C21H27F3N2O3. The van der Waals surface area contributed by atoms with Crippen LogP contribution in [0.5, 0.6) is 5.75 Å². The first-order valence-electron chi connectivity index (χ1n) is 9.20. The highest BCUT2D eigenvalue weighted by Crippen LogP contribution is 2.41. The van der Waals surface area contributed by atoms with E-state index in [4.69, 9.17) is 4.74 Å². The molecule has 2 aromatic rings. The molecule has 29 heavy (non-hydrogen) atoms. The predicted octanol–water partition coefficient (Wildman–Crippen LogP) is 4.28. The van der Waals surface area contributed by atoms with Gasteiger partial charge in [-0.05, 0) is 16.4 Å². The molecule has 160 valence electrons. The van der Waals surface area contributed by atoms with Crippen LogP contribution in [0.2, 0.25) is 0 Å². The third-order valence-corrected chi connectivity index (χ3v) is 4.67. The fourth-order valence-electron chi connectivity index (χ4n) is 3.25. The fourth-order valence-corrected chi connectivity index (χ4v) is 3.25. The highest BCUT2D eigenvalue weighted by Gasteiger charge is 2.36. The maximum Gasteiger partial charge on any atom is 0.431 e. The first kappa shape index (κ1) is 22.8. The summed E-state index contributed by atoms with van der Waals surface area (Å²) in [5.74, 6) is 0.681. The number of alkyl halides is 3. The molecule has 1 aromatic heterocycles. The van der Waals surface area contributed by atoms with E-state index in [9.17, 15) is 22.8 Å². The molecule has 0 aliphatic heterocycles. The molecular weight excluding hydrogens is 385 g/mol. The Hall–Kier alpha value is -2.51. The molecule has 2 rings (SSSR count). The summed E-state index contributed by atoms with van der Waals surface area (Å²) in [7, 11) is 1.56. The number of nitrogens with one attached hydrogen (secondary N) is 2. The van der Waals surface area contributed by atoms with Crippen molar-refractivity contribution in [3.05, 3.63) is 60.9 Å². The Morgan fingerprint density at radius 3 is 1.76 bits per heavy atom. The molecule has 0 unspecified atom stereocenters. The van der Waals surface area contributed by atoms with Crippen LogP contribution in [-0.2, 0) is 23.4 Å². The van der Waals surface area contributed by atoms with Gasteiger partial charge in [0.2, 0.25) is 0 Å². The lowest BCUT2D eigenvalue weighted by Gasteiger charge is -2.30. The van der Waals surface area contributed by atoms with E-state index in [-0.39, 0.29) is 17.3 Å². The lowest BCUT2D eigenvalue weighted by molar-refractivity contribution is -0.142. The van der Waals surface area contributed by atoms with E-state index in [0.29, 0.717) is 11.3 Å². The summed E-state index contributed by atoms with van der Waals surface area (Å²) in [6, 6.07) is 3.53. The average molecular weight is 412 g/mol. The van der Waals surface area contributed by atoms with Crippen molar-refractivity contribution in [2.45, 2.75) is 65.0 Å². The van der Waals surface area contributed by atoms with Crippen molar-refractivity contribution in [3.63, 3.8) is 0 Å². The molecule has 2 N–H and O–H groups in total. The number of H-pyrrole nitrogens is 2. The van der Waals surface area contributed by atoms with E-state index in [1.807, 2.05) is 46.5 Å². The van der Waals surface area contributed by atoms with Crippen molar-refractivity contribution in [2.75, 3.05) is 7.11 Å². The average Bonchev–Trinajstić information content (AvgIpc) is 2.53. The number of halogens is 3. The lowest BCUT2D eigenvalue weighted by atomic mass is 9.78. The number of methoxy groups -OCH3 is 1. The molecule has 0 bridgehead atoms. The van der Waals surface area contributed by atoms with Crippen molar-refractivity contribution in [2.24, 2.45) is 0 Å². The van der Waals surface area contributed by atoms with Gasteiger partial charge in [0, 0.05) is 17.5 Å². The van der Waals surface area contributed by atoms with Crippen LogP contribution in [0.25, 0.3) is 0 Å². The van der Waals surface area contributed by atoms with E-state index in [1.54, 1.807) is 24.2 Å². The Kier molecular flexibility index (Phi) is 5.80. The van der Waals surface area contributed by atoms with Gasteiger partial charge in [0.25, 0.3) is 5.56 Å². The van der Waals surface area contributed by atoms with Crippen LogP contribution in [0.3, 0.4) is 0 Å². The summed E-state index contributed by atoms with van der Waals surface area (Å²) in [6.07, 6.45) is -5.13. The molecule has 0 fully saturated rings. The minimum absolute atomic E-state index is 0.281. The van der Waals surface area contributed by atoms with Gasteiger partial charge in [-0.1, -0.05) is 53.7 Å². The van der Waals surface area contributed by atoms with Crippen LogP contribution >= 0.6 is 0 Å². The summed E-state index contributed by atoms with van der Waals surface area (Å²) in [6.45, 7) is 11.9. The summed E-state index contributed by atoms with van der Waals surface area (Å²) < 4.78 is 45.9. The van der Waals surface area contributed by atoms with Crippen molar-refractivity contribution in [3.8, 4) is 5.75 Å². The number of hydrogen-bond acceptors (Lipinski definition) is 3. The molecule has 0 spiro atoms. The van der Waals surface area contributed by atoms with Gasteiger partial charge in [0.1, 0.15) is 11.4 Å². The van der Waals surface area contributed by atoms with Crippen LogP contribution in [0.4, 0.5) is 13.2 Å². The Labute approximate surface area is 167 Å². The third-order valence-electron chi connectivity index (χ3n) is 4.67. The smallest absolute Gasteiger partial charge is 0.431 e. The SMILES string of the molecule is COc1c(C(C)(C)C)cc(Cc2c(C(F)(F)F)[nH]c(=O)[nH]c2=O)cc1C(C)(C)C. The van der Waals surface area contributed by atoms with Gasteiger partial charge in [-0.25, -0.2) is 4.79 Å². The number of ether oxygens (including phenoxy) is 1. The van der Waals surface area contributed by atoms with Crippen LogP contribution < -0.4 is 16.0 Å². The molecule has 8 heteroatoms. The standard InChI is InChI=1S/C21H27F3N2O3/c1-19(2,3)13-9-11(10-14(15(13)29-7)20(4,5)6)8-12-16(21(22,23)24)25-18(28)26-17(12)27/h9-10H,8H2,1-7H3,(H2,25,26,27,28). The Morgan fingerprint density at radius 1 is 0.897 bits per heavy atom. The van der Waals surface area contributed by atoms with E-state index in [2.05, 4.69) is 0 Å². The van der Waals surface area contributed by atoms with Crippen LogP contribution in [0.1, 0.15) is 69.5 Å². The van der Waals surface area contributed by atoms with Gasteiger partial charge in [-0.15, -0.1) is 0 Å². The van der Waals surface area contributed by atoms with Crippen molar-refractivity contribution in [1.82, 2.24) is 9.97 Å². The Bertz CT molecular complexity index is 985. The number of rotatable bonds is 3. The van der Waals surface area contributed by atoms with Gasteiger partial charge in [-0.3, -0.25) is 9.78 Å². The zero-order valence-corrected chi connectivity index (χ0v) is 17.7. The topological polar surface area (TPSA) is 75.0 Å². The van der Waals surface area contributed by atoms with Gasteiger partial charge >= 0.3 is 11.9 Å². The number of aromatic amines is 2. The van der Waals surface area contributed by atoms with Crippen LogP contribution in [-0.4, -0.2) is 17.1 Å². The predicted molar refractivity (Wildman–Crippen MR) is 106 cm³/mol. The second-order valence-electron chi connectivity index (χ2n) is 9.16. The maximum atomic E-state index is 13.4. The Morgan fingerprint density at radius 2 is 1.38 bits per heavy atom. The third kappa shape index (κ3) is 4.92. The molecule has 1 aromatic carbocycles. The number of aromatic nitrogens is 2. The zero-order chi connectivity index (χ0) is 22.4. The van der Waals surface area contributed by atoms with Crippen molar-refractivity contribution < 1.29 is 17.9 Å². The second-order valence-corrected chi connectivity index (χ2v) is 9.16. The number of benzene rings is 1. The van der Waals surface area contributed by atoms with Gasteiger partial charge in [0.05, 0.1) is 12.7 Å². The van der Waals surface area contributed by atoms with Gasteiger partial charge in [0.15, 0.2) is 0 Å². The van der Waals surface area contributed by atoms with Crippen molar-refractivity contribution >= 4 is 0 Å². The molecule has 0 aliphatic carbocycles. The monoisotopic (exact) mass is 412 g/mol. The summed E-state index contributed by atoms with van der Waals surface area (Å²) >= 11 is 0. The second kappa shape index (κ2) is 7.39. The number of hydrogen-bond donors (Lipinski definition) is 2. The van der Waals surface area contributed by atoms with E-state index in [1.165, 1.54) is 0 Å². The first-order valence-corrected chi connectivity index (χ1v) is 9.20. The molecule has 0 amide bonds. The summed E-state index contributed by atoms with van der Waals surface area (Å²) in [5.41, 5.74) is -2.58. The van der Waals surface area contributed by atoms with E-state index >= 15 is 0 Å². The van der Waals surface area contributed by atoms with Gasteiger partial charge in [-0.2, -0.15) is 13.2 Å². The molecule has 0 atom stereocenters. The summed E-state index contributed by atoms with van der Waals surface area (Å²) in [4.78, 5) is 27.2. The van der Waals surface area contributed by atoms with E-state index in [0.717, 1.165) is 11.1 Å². The normalized spacial score (nSPS) is 12.9. The molecule has 1 heterocycles. The molecule has 0 saturated heterocycles. The maximum absolute atomic E-state index is 13.4. The zero-order valence-electron chi connectivity index (χ0n) is 17.7. The highest BCUT2D eigenvalue weighted by atomic mass is 19.4. The van der Waals surface area contributed by atoms with E-state index < -0.39 is 28.7 Å². The van der Waals surface area contributed by atoms with Gasteiger partial charge < -0.3 is 9.72 Å². The molecule has 0 aliphatic rings. The highest BCUT2D eigenvalue weighted by molar-refractivity contribution is 5.51.